The minimum atomic E-state index is -0.468. The number of amides is 1. The number of ether oxygens (including phenoxy) is 1. The average molecular weight is 388 g/mol. The van der Waals surface area contributed by atoms with Gasteiger partial charge in [0, 0.05) is 44.0 Å². The molecule has 3 rings (SSSR count). The fourth-order valence-electron chi connectivity index (χ4n) is 3.25. The molecule has 2 aliphatic rings. The van der Waals surface area contributed by atoms with Crippen molar-refractivity contribution in [1.29, 1.82) is 0 Å². The highest BCUT2D eigenvalue weighted by Crippen LogP contribution is 2.47. The molecule has 0 atom stereocenters. The van der Waals surface area contributed by atoms with Gasteiger partial charge in [0.15, 0.2) is 0 Å². The zero-order chi connectivity index (χ0) is 17.7. The molecular formula is C16H19Cl2N3O2S. The Bertz CT molecular complexity index is 668. The number of hydrogen-bond donors (Lipinski definition) is 0. The number of halogens is 2. The van der Waals surface area contributed by atoms with Crippen LogP contribution >= 0.6 is 23.2 Å². The second kappa shape index (κ2) is 6.00. The average Bonchev–Trinajstić information content (AvgIpc) is 2.35. The van der Waals surface area contributed by atoms with Gasteiger partial charge in [0.05, 0.1) is 21.4 Å². The summed E-state index contributed by atoms with van der Waals surface area (Å²) in [5.41, 5.74) is 1.04. The first-order valence-corrected chi connectivity index (χ1v) is 8.80. The monoisotopic (exact) mass is 387 g/mol. The van der Waals surface area contributed by atoms with E-state index in [1.165, 1.54) is 0 Å². The lowest BCUT2D eigenvalue weighted by atomic mass is 9.73. The van der Waals surface area contributed by atoms with Crippen LogP contribution in [0.1, 0.15) is 20.8 Å². The van der Waals surface area contributed by atoms with Crippen molar-refractivity contribution < 1.29 is 9.53 Å². The normalized spacial score (nSPS) is 18.9. The summed E-state index contributed by atoms with van der Waals surface area (Å²) in [4.78, 5) is 15.9. The molecule has 0 saturated carbocycles. The number of nitrogens with zero attached hydrogens (tertiary/aromatic N) is 3. The third-order valence-corrected chi connectivity index (χ3v) is 4.97. The van der Waals surface area contributed by atoms with Crippen LogP contribution in [-0.2, 0) is 17.2 Å². The topological polar surface area (TPSA) is 45.1 Å². The first-order valence-electron chi connectivity index (χ1n) is 7.68. The Kier molecular flexibility index (Phi) is 4.43. The summed E-state index contributed by atoms with van der Waals surface area (Å²) in [7, 11) is 0. The highest BCUT2D eigenvalue weighted by atomic mass is 35.5. The molecule has 2 heterocycles. The maximum Gasteiger partial charge on any atom is 0.410 e. The van der Waals surface area contributed by atoms with E-state index in [2.05, 4.69) is 21.7 Å². The summed E-state index contributed by atoms with van der Waals surface area (Å²) in [6.45, 7) is 8.64. The van der Waals surface area contributed by atoms with Crippen LogP contribution in [0.5, 0.6) is 0 Å². The van der Waals surface area contributed by atoms with E-state index < -0.39 is 5.60 Å². The number of benzene rings is 1. The predicted molar refractivity (Wildman–Crippen MR) is 98.4 cm³/mol. The van der Waals surface area contributed by atoms with Crippen LogP contribution < -0.4 is 4.90 Å². The van der Waals surface area contributed by atoms with Gasteiger partial charge in [-0.2, -0.15) is 4.36 Å². The molecule has 2 aliphatic heterocycles. The fourth-order valence-corrected chi connectivity index (χ4v) is 4.07. The quantitative estimate of drug-likeness (QED) is 0.753. The highest BCUT2D eigenvalue weighted by Gasteiger charge is 2.54. The molecule has 1 spiro atoms. The van der Waals surface area contributed by atoms with Gasteiger partial charge < -0.3 is 14.5 Å². The van der Waals surface area contributed by atoms with E-state index in [9.17, 15) is 4.79 Å². The van der Waals surface area contributed by atoms with Crippen LogP contribution in [-0.4, -0.2) is 42.8 Å². The predicted octanol–water partition coefficient (Wildman–Crippen LogP) is 4.41. The minimum Gasteiger partial charge on any atom is -0.444 e. The van der Waals surface area contributed by atoms with Gasteiger partial charge in [-0.1, -0.05) is 23.2 Å². The van der Waals surface area contributed by atoms with Crippen molar-refractivity contribution in [2.45, 2.75) is 26.4 Å². The third-order valence-electron chi connectivity index (χ3n) is 4.18. The van der Waals surface area contributed by atoms with Crippen LogP contribution in [0.25, 0.3) is 0 Å². The van der Waals surface area contributed by atoms with E-state index in [4.69, 9.17) is 27.9 Å². The summed E-state index contributed by atoms with van der Waals surface area (Å²) in [5, 5.41) is 1.09. The molecule has 0 unspecified atom stereocenters. The van der Waals surface area contributed by atoms with Gasteiger partial charge in [0.1, 0.15) is 5.60 Å². The van der Waals surface area contributed by atoms with Gasteiger partial charge in [-0.05, 0) is 32.9 Å². The first-order chi connectivity index (χ1) is 11.1. The van der Waals surface area contributed by atoms with Gasteiger partial charge in [0.25, 0.3) is 0 Å². The van der Waals surface area contributed by atoms with Crippen LogP contribution in [0.3, 0.4) is 0 Å². The lowest BCUT2D eigenvalue weighted by molar-refractivity contribution is -0.0452. The minimum absolute atomic E-state index is 0.116. The molecular weight excluding hydrogens is 369 g/mol. The van der Waals surface area contributed by atoms with Gasteiger partial charge in [-0.25, -0.2) is 4.79 Å². The van der Waals surface area contributed by atoms with E-state index in [-0.39, 0.29) is 11.5 Å². The molecule has 0 N–H and O–H groups in total. The summed E-state index contributed by atoms with van der Waals surface area (Å²) in [6.07, 6.45) is -0.251. The van der Waals surface area contributed by atoms with Gasteiger partial charge >= 0.3 is 6.09 Å². The number of hydrogen-bond acceptors (Lipinski definition) is 5. The number of carbonyl (C=O) groups is 1. The Labute approximate surface area is 157 Å². The zero-order valence-corrected chi connectivity index (χ0v) is 16.1. The maximum absolute atomic E-state index is 12.0. The summed E-state index contributed by atoms with van der Waals surface area (Å²) in [6, 6.07) is 3.43. The van der Waals surface area contributed by atoms with E-state index in [1.54, 1.807) is 17.0 Å². The Morgan fingerprint density at radius 3 is 2.21 bits per heavy atom. The standard InChI is InChI=1S/C16H19Cl2N3O2S/c1-15(2,3)23-14(22)21-8-16(9-21)6-20(7-16)13-11(17)4-10(19-24)5-12(13)18/h4-5H,6-9H2,1-3H3. The largest absolute Gasteiger partial charge is 0.444 e. The Balaban J connectivity index is 1.60. The first kappa shape index (κ1) is 17.7. The number of anilines is 1. The summed E-state index contributed by atoms with van der Waals surface area (Å²) >= 11 is 17.3. The molecule has 1 aromatic carbocycles. The Morgan fingerprint density at radius 1 is 1.21 bits per heavy atom. The van der Waals surface area contributed by atoms with Crippen LogP contribution in [0.2, 0.25) is 10.0 Å². The molecule has 24 heavy (non-hydrogen) atoms. The molecule has 8 heteroatoms. The molecule has 0 radical (unpaired) electrons. The van der Waals surface area contributed by atoms with E-state index in [1.807, 2.05) is 20.8 Å². The lowest BCUT2D eigenvalue weighted by Crippen LogP contribution is -2.73. The Morgan fingerprint density at radius 2 is 1.75 bits per heavy atom. The molecule has 5 nitrogen and oxygen atoms in total. The van der Waals surface area contributed by atoms with Crippen molar-refractivity contribution in [3.8, 4) is 0 Å². The Hall–Kier alpha value is -1.11. The maximum atomic E-state index is 12.0. The van der Waals surface area contributed by atoms with Crippen LogP contribution in [0.4, 0.5) is 16.2 Å². The van der Waals surface area contributed by atoms with Gasteiger partial charge in [0.2, 0.25) is 0 Å². The van der Waals surface area contributed by atoms with Crippen molar-refractivity contribution in [2.75, 3.05) is 31.1 Å². The smallest absolute Gasteiger partial charge is 0.410 e. The highest BCUT2D eigenvalue weighted by molar-refractivity contribution is 7.47. The molecule has 130 valence electrons. The van der Waals surface area contributed by atoms with Crippen molar-refractivity contribution in [2.24, 2.45) is 9.78 Å². The van der Waals surface area contributed by atoms with E-state index in [0.717, 1.165) is 18.8 Å². The third kappa shape index (κ3) is 3.32. The molecule has 1 aromatic rings. The molecule has 0 aromatic heterocycles. The molecule has 0 bridgehead atoms. The number of carbonyl (C=O) groups excluding carboxylic acids is 1. The fraction of sp³-hybridized carbons (Fsp3) is 0.562. The van der Waals surface area contributed by atoms with Crippen molar-refractivity contribution in [3.05, 3.63) is 22.2 Å². The van der Waals surface area contributed by atoms with Crippen molar-refractivity contribution >= 4 is 53.1 Å². The van der Waals surface area contributed by atoms with Gasteiger partial charge in [-0.3, -0.25) is 0 Å². The molecule has 2 saturated heterocycles. The van der Waals surface area contributed by atoms with E-state index >= 15 is 0 Å². The second-order valence-electron chi connectivity index (χ2n) is 7.54. The van der Waals surface area contributed by atoms with Crippen LogP contribution in [0.15, 0.2) is 16.5 Å². The number of rotatable bonds is 2. The van der Waals surface area contributed by atoms with Crippen molar-refractivity contribution in [1.82, 2.24) is 4.90 Å². The molecule has 2 fully saturated rings. The molecule has 1 amide bonds. The SMILES string of the molecule is CC(C)(C)OC(=O)N1CC2(C1)CN(c1c(Cl)cc(N=S)cc1Cl)C2. The lowest BCUT2D eigenvalue weighted by Gasteiger charge is -2.60. The number of likely N-dealkylation sites (tertiary alicyclic amines) is 1. The second-order valence-corrected chi connectivity index (χ2v) is 8.54. The zero-order valence-electron chi connectivity index (χ0n) is 13.8. The summed E-state index contributed by atoms with van der Waals surface area (Å²) < 4.78 is 9.08. The van der Waals surface area contributed by atoms with Gasteiger partial charge in [-0.15, -0.1) is 0 Å². The van der Waals surface area contributed by atoms with Crippen LogP contribution in [0, 0.1) is 5.41 Å². The van der Waals surface area contributed by atoms with E-state index in [0.29, 0.717) is 28.8 Å². The summed E-state index contributed by atoms with van der Waals surface area (Å²) in [5.74, 6) is 0. The van der Waals surface area contributed by atoms with Crippen molar-refractivity contribution in [3.63, 3.8) is 0 Å². The molecule has 0 aliphatic carbocycles.